The second-order valence-corrected chi connectivity index (χ2v) is 7.85. The lowest BCUT2D eigenvalue weighted by Crippen LogP contribution is -2.14. The van der Waals surface area contributed by atoms with Gasteiger partial charge in [-0.2, -0.15) is 5.26 Å². The minimum Gasteiger partial charge on any atom is -0.423 e. The largest absolute Gasteiger partial charge is 0.423 e. The van der Waals surface area contributed by atoms with Gasteiger partial charge in [0.2, 0.25) is 0 Å². The number of nitriles is 1. The topological polar surface area (TPSA) is 122 Å². The fraction of sp³-hybridized carbons (Fsp3) is 0. The first-order valence-electron chi connectivity index (χ1n) is 9.32. The maximum Gasteiger partial charge on any atom is 0.343 e. The van der Waals surface area contributed by atoms with Crippen molar-refractivity contribution in [3.05, 3.63) is 103 Å². The molecule has 0 aliphatic heterocycles. The minimum absolute atomic E-state index is 0.00780. The molecule has 0 aromatic heterocycles. The van der Waals surface area contributed by atoms with Crippen LogP contribution in [0.4, 0.5) is 11.4 Å². The maximum absolute atomic E-state index is 12.5. The van der Waals surface area contributed by atoms with E-state index in [-0.39, 0.29) is 38.3 Å². The first kappa shape index (κ1) is 24.7. The quantitative estimate of drug-likeness (QED) is 0.102. The number of amides is 1. The zero-order chi connectivity index (χ0) is 24.8. The second kappa shape index (κ2) is 10.8. The predicted molar refractivity (Wildman–Crippen MR) is 128 cm³/mol. The van der Waals surface area contributed by atoms with Crippen molar-refractivity contribution < 1.29 is 19.2 Å². The molecule has 1 amide bonds. The molecule has 0 spiro atoms. The Hall–Kier alpha value is -3.90. The number of anilines is 1. The van der Waals surface area contributed by atoms with Gasteiger partial charge in [0.1, 0.15) is 17.4 Å². The lowest BCUT2D eigenvalue weighted by molar-refractivity contribution is -0.384. The maximum atomic E-state index is 12.5. The van der Waals surface area contributed by atoms with Gasteiger partial charge in [0.15, 0.2) is 0 Å². The summed E-state index contributed by atoms with van der Waals surface area (Å²) in [6.07, 6.45) is 1.30. The van der Waals surface area contributed by atoms with Crippen LogP contribution in [-0.4, -0.2) is 16.8 Å². The number of rotatable bonds is 6. The summed E-state index contributed by atoms with van der Waals surface area (Å²) < 4.78 is 5.28. The lowest BCUT2D eigenvalue weighted by atomic mass is 10.1. The van der Waals surface area contributed by atoms with Crippen LogP contribution in [0.1, 0.15) is 15.9 Å². The average Bonchev–Trinajstić information content (AvgIpc) is 2.81. The number of carbonyl (C=O) groups excluding carboxylic acids is 2. The third-order valence-electron chi connectivity index (χ3n) is 4.33. The molecule has 0 fully saturated rings. The molecule has 0 radical (unpaired) electrons. The highest BCUT2D eigenvalue weighted by Crippen LogP contribution is 2.27. The van der Waals surface area contributed by atoms with E-state index in [4.69, 9.17) is 39.5 Å². The van der Waals surface area contributed by atoms with Crippen molar-refractivity contribution in [1.29, 1.82) is 5.26 Å². The summed E-state index contributed by atoms with van der Waals surface area (Å²) in [4.78, 5) is 35.0. The molecule has 34 heavy (non-hydrogen) atoms. The summed E-state index contributed by atoms with van der Waals surface area (Å²) in [5.74, 6) is -1.23. The van der Waals surface area contributed by atoms with Gasteiger partial charge in [-0.15, -0.1) is 0 Å². The van der Waals surface area contributed by atoms with Crippen molar-refractivity contribution in [2.24, 2.45) is 0 Å². The molecular weight excluding hydrogens is 505 g/mol. The van der Waals surface area contributed by atoms with Crippen LogP contribution >= 0.6 is 34.8 Å². The van der Waals surface area contributed by atoms with Gasteiger partial charge in [-0.25, -0.2) is 4.79 Å². The van der Waals surface area contributed by atoms with Gasteiger partial charge in [-0.3, -0.25) is 14.9 Å². The number of non-ortho nitro benzene ring substituents is 1. The number of nitro groups is 1. The molecular formula is C23H12Cl3N3O5. The third kappa shape index (κ3) is 6.11. The molecule has 3 aromatic rings. The number of nitro benzene ring substituents is 1. The fourth-order valence-corrected chi connectivity index (χ4v) is 3.11. The zero-order valence-corrected chi connectivity index (χ0v) is 19.2. The van der Waals surface area contributed by atoms with Gasteiger partial charge < -0.3 is 10.1 Å². The van der Waals surface area contributed by atoms with Crippen molar-refractivity contribution >= 4 is 64.1 Å². The van der Waals surface area contributed by atoms with Crippen molar-refractivity contribution in [2.45, 2.75) is 0 Å². The van der Waals surface area contributed by atoms with E-state index >= 15 is 0 Å². The molecule has 8 nitrogen and oxygen atoms in total. The molecule has 3 aromatic carbocycles. The Labute approximate surface area is 208 Å². The van der Waals surface area contributed by atoms with Gasteiger partial charge in [-0.05, 0) is 48.0 Å². The highest BCUT2D eigenvalue weighted by atomic mass is 35.5. The summed E-state index contributed by atoms with van der Waals surface area (Å²) in [7, 11) is 0. The summed E-state index contributed by atoms with van der Waals surface area (Å²) in [5.41, 5.74) is 0.121. The Kier molecular flexibility index (Phi) is 7.87. The average molecular weight is 517 g/mol. The van der Waals surface area contributed by atoms with Crippen molar-refractivity contribution in [1.82, 2.24) is 0 Å². The number of hydrogen-bond donors (Lipinski definition) is 1. The number of esters is 1. The molecule has 1 N–H and O–H groups in total. The van der Waals surface area contributed by atoms with E-state index in [1.165, 1.54) is 60.7 Å². The van der Waals surface area contributed by atoms with E-state index in [0.29, 0.717) is 10.6 Å². The lowest BCUT2D eigenvalue weighted by Gasteiger charge is -2.07. The molecule has 11 heteroatoms. The van der Waals surface area contributed by atoms with E-state index in [0.717, 1.165) is 6.07 Å². The molecule has 0 atom stereocenters. The van der Waals surface area contributed by atoms with E-state index in [9.17, 15) is 25.0 Å². The molecule has 0 aliphatic rings. The summed E-state index contributed by atoms with van der Waals surface area (Å²) in [6.45, 7) is 0. The monoisotopic (exact) mass is 515 g/mol. The number of nitrogens with one attached hydrogen (secondary N) is 1. The van der Waals surface area contributed by atoms with Crippen LogP contribution in [-0.2, 0) is 4.79 Å². The highest BCUT2D eigenvalue weighted by Gasteiger charge is 2.15. The van der Waals surface area contributed by atoms with E-state index in [1.54, 1.807) is 6.07 Å². The Morgan fingerprint density at radius 3 is 2.26 bits per heavy atom. The molecule has 0 saturated heterocycles. The van der Waals surface area contributed by atoms with Crippen LogP contribution in [0.15, 0.2) is 66.2 Å². The minimum atomic E-state index is -0.806. The van der Waals surface area contributed by atoms with Gasteiger partial charge in [-0.1, -0.05) is 46.9 Å². The number of carbonyl (C=O) groups is 2. The molecule has 0 heterocycles. The van der Waals surface area contributed by atoms with Crippen molar-refractivity contribution in [3.63, 3.8) is 0 Å². The van der Waals surface area contributed by atoms with Gasteiger partial charge in [0, 0.05) is 12.1 Å². The summed E-state index contributed by atoms with van der Waals surface area (Å²) in [6, 6.07) is 15.7. The number of nitrogens with zero attached hydrogens (tertiary/aromatic N) is 2. The Bertz CT molecular complexity index is 1370. The van der Waals surface area contributed by atoms with E-state index in [2.05, 4.69) is 5.32 Å². The second-order valence-electron chi connectivity index (χ2n) is 6.63. The fourth-order valence-electron chi connectivity index (χ4n) is 2.65. The molecule has 3 rings (SSSR count). The van der Waals surface area contributed by atoms with E-state index in [1.807, 2.05) is 0 Å². The normalized spacial score (nSPS) is 10.8. The molecule has 0 saturated carbocycles. The summed E-state index contributed by atoms with van der Waals surface area (Å²) in [5, 5.41) is 23.3. The molecule has 0 unspecified atom stereocenters. The van der Waals surface area contributed by atoms with Gasteiger partial charge in [0.05, 0.1) is 31.2 Å². The van der Waals surface area contributed by atoms with Crippen LogP contribution in [0.3, 0.4) is 0 Å². The number of hydrogen-bond acceptors (Lipinski definition) is 6. The Morgan fingerprint density at radius 2 is 1.65 bits per heavy atom. The zero-order valence-electron chi connectivity index (χ0n) is 16.9. The smallest absolute Gasteiger partial charge is 0.343 e. The van der Waals surface area contributed by atoms with E-state index < -0.39 is 16.8 Å². The highest BCUT2D eigenvalue weighted by molar-refractivity contribution is 6.42. The predicted octanol–water partition coefficient (Wildman–Crippen LogP) is 6.32. The molecule has 0 bridgehead atoms. The van der Waals surface area contributed by atoms with Crippen LogP contribution in [0.5, 0.6) is 5.75 Å². The van der Waals surface area contributed by atoms with Crippen molar-refractivity contribution in [2.75, 3.05) is 5.32 Å². The van der Waals surface area contributed by atoms with Crippen molar-refractivity contribution in [3.8, 4) is 11.8 Å². The number of ether oxygens (including phenoxy) is 1. The molecule has 170 valence electrons. The van der Waals surface area contributed by atoms with Gasteiger partial charge >= 0.3 is 5.97 Å². The van der Waals surface area contributed by atoms with Crippen LogP contribution in [0.2, 0.25) is 15.1 Å². The van der Waals surface area contributed by atoms with Crippen LogP contribution in [0.25, 0.3) is 6.08 Å². The van der Waals surface area contributed by atoms with Crippen LogP contribution in [0, 0.1) is 21.4 Å². The van der Waals surface area contributed by atoms with Gasteiger partial charge in [0.25, 0.3) is 11.6 Å². The summed E-state index contributed by atoms with van der Waals surface area (Å²) >= 11 is 17.7. The number of halogens is 3. The SMILES string of the molecule is N#C/C(=C\c1ccc(OC(=O)c2ccc(Cl)c(Cl)c2)cc1)C(=O)Nc1cc([N+](=O)[O-])ccc1Cl. The van der Waals surface area contributed by atoms with Crippen LogP contribution < -0.4 is 10.1 Å². The number of benzene rings is 3. The third-order valence-corrected chi connectivity index (χ3v) is 5.40. The molecule has 0 aliphatic carbocycles. The first-order chi connectivity index (χ1) is 16.2. The standard InChI is InChI=1S/C23H12Cl3N3O5/c24-18-7-3-14(10-20(18)26)23(31)34-17-5-1-13(2-6-17)9-15(12-27)22(30)28-21-11-16(29(32)33)4-8-19(21)25/h1-11H,(H,28,30)/b15-9+. The Balaban J connectivity index is 1.73. The Morgan fingerprint density at radius 1 is 0.971 bits per heavy atom. The first-order valence-corrected chi connectivity index (χ1v) is 10.5.